The second-order valence-corrected chi connectivity index (χ2v) is 6.63. The molecule has 2 aliphatic heterocycles. The molecule has 5 nitrogen and oxygen atoms in total. The molecule has 0 saturated carbocycles. The lowest BCUT2D eigenvalue weighted by molar-refractivity contribution is -0.126. The summed E-state index contributed by atoms with van der Waals surface area (Å²) in [5.74, 6) is 1.74. The van der Waals surface area contributed by atoms with Gasteiger partial charge in [0.15, 0.2) is 11.5 Å². The van der Waals surface area contributed by atoms with E-state index in [1.54, 1.807) is 0 Å². The second-order valence-electron chi connectivity index (χ2n) is 5.77. The Morgan fingerprint density at radius 3 is 2.59 bits per heavy atom. The summed E-state index contributed by atoms with van der Waals surface area (Å²) in [5.41, 5.74) is 1.01. The van der Waals surface area contributed by atoms with Gasteiger partial charge in [0, 0.05) is 10.4 Å². The summed E-state index contributed by atoms with van der Waals surface area (Å²) < 4.78 is 12.1. The third-order valence-electron chi connectivity index (χ3n) is 4.20. The van der Waals surface area contributed by atoms with Crippen LogP contribution in [-0.4, -0.2) is 32.2 Å². The van der Waals surface area contributed by atoms with Crippen molar-refractivity contribution in [2.75, 3.05) is 26.3 Å². The average molecular weight is 369 g/mol. The van der Waals surface area contributed by atoms with Crippen LogP contribution < -0.4 is 20.1 Å². The van der Waals surface area contributed by atoms with Crippen molar-refractivity contribution in [1.29, 1.82) is 0 Å². The molecule has 0 bridgehead atoms. The van der Waals surface area contributed by atoms with Gasteiger partial charge in [0.25, 0.3) is 0 Å². The molecular formula is C16H21BrN2O3. The van der Waals surface area contributed by atoms with Crippen LogP contribution in [0.1, 0.15) is 31.4 Å². The molecule has 2 aliphatic rings. The SMILES string of the molecule is CC(NC(=O)C1CCNCC1)c1cc2c(cc1Br)OCCO2. The molecule has 2 N–H and O–H groups in total. The zero-order valence-corrected chi connectivity index (χ0v) is 14.2. The van der Waals surface area contributed by atoms with Crippen molar-refractivity contribution in [2.45, 2.75) is 25.8 Å². The number of piperidine rings is 1. The Labute approximate surface area is 138 Å². The third kappa shape index (κ3) is 3.38. The Balaban J connectivity index is 1.71. The van der Waals surface area contributed by atoms with Gasteiger partial charge in [0.1, 0.15) is 13.2 Å². The molecule has 120 valence electrons. The van der Waals surface area contributed by atoms with Gasteiger partial charge in [-0.05, 0) is 50.6 Å². The van der Waals surface area contributed by atoms with Gasteiger partial charge in [-0.15, -0.1) is 0 Å². The Hall–Kier alpha value is -1.27. The van der Waals surface area contributed by atoms with Gasteiger partial charge in [0.2, 0.25) is 5.91 Å². The van der Waals surface area contributed by atoms with Crippen molar-refractivity contribution < 1.29 is 14.3 Å². The van der Waals surface area contributed by atoms with Crippen molar-refractivity contribution >= 4 is 21.8 Å². The molecule has 22 heavy (non-hydrogen) atoms. The van der Waals surface area contributed by atoms with Crippen LogP contribution in [0.5, 0.6) is 11.5 Å². The van der Waals surface area contributed by atoms with Gasteiger partial charge < -0.3 is 20.1 Å². The molecule has 0 aromatic heterocycles. The second kappa shape index (κ2) is 6.87. The highest BCUT2D eigenvalue weighted by molar-refractivity contribution is 9.10. The smallest absolute Gasteiger partial charge is 0.223 e. The van der Waals surface area contributed by atoms with E-state index in [1.165, 1.54) is 0 Å². The number of benzene rings is 1. The zero-order valence-electron chi connectivity index (χ0n) is 12.7. The standard InChI is InChI=1S/C16H21BrN2O3/c1-10(19-16(20)11-2-4-18-5-3-11)12-8-14-15(9-13(12)17)22-7-6-21-14/h8-11,18H,2-7H2,1H3,(H,19,20). The molecule has 0 radical (unpaired) electrons. The van der Waals surface area contributed by atoms with E-state index in [0.29, 0.717) is 13.2 Å². The first kappa shape index (κ1) is 15.6. The van der Waals surface area contributed by atoms with Crippen molar-refractivity contribution in [1.82, 2.24) is 10.6 Å². The van der Waals surface area contributed by atoms with Crippen LogP contribution in [0, 0.1) is 5.92 Å². The number of ether oxygens (including phenoxy) is 2. The van der Waals surface area contributed by atoms with Crippen LogP contribution in [0.15, 0.2) is 16.6 Å². The largest absolute Gasteiger partial charge is 0.486 e. The Morgan fingerprint density at radius 2 is 1.91 bits per heavy atom. The summed E-state index contributed by atoms with van der Waals surface area (Å²) in [7, 11) is 0. The monoisotopic (exact) mass is 368 g/mol. The molecule has 1 amide bonds. The number of rotatable bonds is 3. The molecule has 1 aromatic carbocycles. The minimum absolute atomic E-state index is 0.0763. The van der Waals surface area contributed by atoms with Gasteiger partial charge >= 0.3 is 0 Å². The highest BCUT2D eigenvalue weighted by Crippen LogP contribution is 2.37. The number of hydrogen-bond acceptors (Lipinski definition) is 4. The molecule has 0 spiro atoms. The number of hydrogen-bond donors (Lipinski definition) is 2. The summed E-state index contributed by atoms with van der Waals surface area (Å²) in [4.78, 5) is 12.4. The lowest BCUT2D eigenvalue weighted by Crippen LogP contribution is -2.39. The van der Waals surface area contributed by atoms with E-state index in [0.717, 1.165) is 47.5 Å². The first-order valence-corrected chi connectivity index (χ1v) is 8.54. The lowest BCUT2D eigenvalue weighted by Gasteiger charge is -2.25. The molecule has 1 fully saturated rings. The molecule has 1 atom stereocenters. The number of amides is 1. The number of carbonyl (C=O) groups is 1. The Bertz CT molecular complexity index is 559. The minimum Gasteiger partial charge on any atom is -0.486 e. The number of carbonyl (C=O) groups excluding carboxylic acids is 1. The van der Waals surface area contributed by atoms with Crippen LogP contribution in [0.3, 0.4) is 0 Å². The molecular weight excluding hydrogens is 348 g/mol. The highest BCUT2D eigenvalue weighted by atomic mass is 79.9. The number of fused-ring (bicyclic) bond motifs is 1. The fourth-order valence-corrected chi connectivity index (χ4v) is 3.57. The van der Waals surface area contributed by atoms with Crippen LogP contribution in [0.4, 0.5) is 0 Å². The van der Waals surface area contributed by atoms with E-state index in [9.17, 15) is 4.79 Å². The van der Waals surface area contributed by atoms with Gasteiger partial charge in [0.05, 0.1) is 6.04 Å². The van der Waals surface area contributed by atoms with Crippen LogP contribution in [0.2, 0.25) is 0 Å². The number of nitrogens with one attached hydrogen (secondary N) is 2. The van der Waals surface area contributed by atoms with Gasteiger partial charge in [-0.25, -0.2) is 0 Å². The van der Waals surface area contributed by atoms with Crippen molar-refractivity contribution in [3.63, 3.8) is 0 Å². The van der Waals surface area contributed by atoms with Crippen molar-refractivity contribution in [3.05, 3.63) is 22.2 Å². The maximum absolute atomic E-state index is 12.4. The van der Waals surface area contributed by atoms with Crippen LogP contribution >= 0.6 is 15.9 Å². The van der Waals surface area contributed by atoms with Gasteiger partial charge in [-0.3, -0.25) is 4.79 Å². The van der Waals surface area contributed by atoms with Crippen LogP contribution in [-0.2, 0) is 4.79 Å². The predicted octanol–water partition coefficient (Wildman–Crippen LogP) is 2.40. The molecule has 3 rings (SSSR count). The van der Waals surface area contributed by atoms with E-state index < -0.39 is 0 Å². The molecule has 1 aromatic rings. The molecule has 0 aliphatic carbocycles. The summed E-state index contributed by atoms with van der Waals surface area (Å²) >= 11 is 3.57. The van der Waals surface area contributed by atoms with Crippen molar-refractivity contribution in [3.8, 4) is 11.5 Å². The molecule has 6 heteroatoms. The zero-order chi connectivity index (χ0) is 15.5. The first-order chi connectivity index (χ1) is 10.6. The maximum Gasteiger partial charge on any atom is 0.223 e. The van der Waals surface area contributed by atoms with Crippen LogP contribution in [0.25, 0.3) is 0 Å². The highest BCUT2D eigenvalue weighted by Gasteiger charge is 2.24. The fraction of sp³-hybridized carbons (Fsp3) is 0.562. The Morgan fingerprint density at radius 1 is 1.27 bits per heavy atom. The van der Waals surface area contributed by atoms with E-state index in [-0.39, 0.29) is 17.9 Å². The molecule has 2 heterocycles. The van der Waals surface area contributed by atoms with Gasteiger partial charge in [-0.2, -0.15) is 0 Å². The van der Waals surface area contributed by atoms with E-state index in [4.69, 9.17) is 9.47 Å². The summed E-state index contributed by atoms with van der Waals surface area (Å²) in [6.45, 7) is 4.96. The van der Waals surface area contributed by atoms with E-state index in [2.05, 4.69) is 26.6 Å². The summed E-state index contributed by atoms with van der Waals surface area (Å²) in [6.07, 6.45) is 1.81. The number of halogens is 1. The first-order valence-electron chi connectivity index (χ1n) is 7.75. The molecule has 1 unspecified atom stereocenters. The lowest BCUT2D eigenvalue weighted by atomic mass is 9.96. The predicted molar refractivity (Wildman–Crippen MR) is 87.3 cm³/mol. The topological polar surface area (TPSA) is 59.6 Å². The Kier molecular flexibility index (Phi) is 4.88. The quantitative estimate of drug-likeness (QED) is 0.859. The average Bonchev–Trinajstić information content (AvgIpc) is 2.54. The normalized spacial score (nSPS) is 19.5. The van der Waals surface area contributed by atoms with E-state index in [1.807, 2.05) is 19.1 Å². The molecule has 1 saturated heterocycles. The third-order valence-corrected chi connectivity index (χ3v) is 4.88. The van der Waals surface area contributed by atoms with E-state index >= 15 is 0 Å². The summed E-state index contributed by atoms with van der Waals surface area (Å²) in [5, 5.41) is 6.40. The minimum atomic E-state index is -0.0763. The summed E-state index contributed by atoms with van der Waals surface area (Å²) in [6, 6.07) is 3.79. The fourth-order valence-electron chi connectivity index (χ4n) is 2.90. The van der Waals surface area contributed by atoms with Gasteiger partial charge in [-0.1, -0.05) is 15.9 Å². The van der Waals surface area contributed by atoms with Crippen molar-refractivity contribution in [2.24, 2.45) is 5.92 Å². The maximum atomic E-state index is 12.4.